The number of hydrogen-bond acceptors (Lipinski definition) is 3. The molecule has 1 aromatic heterocycles. The maximum Gasteiger partial charge on any atom is 0.269 e. The highest BCUT2D eigenvalue weighted by atomic mass is 16.2. The first-order valence-electron chi connectivity index (χ1n) is 8.81. The standard InChI is InChI=1S/C21H22N4O/c1-14-3-6-16(7-4-14)19-10-20(25(2)24-19)21(26)23-11-15-5-8-17-12-22-13-18(17)9-15/h3-10,22H,11-13H2,1-2H3,(H,23,26). The molecule has 0 spiro atoms. The molecule has 1 aliphatic rings. The summed E-state index contributed by atoms with van der Waals surface area (Å²) in [4.78, 5) is 12.6. The van der Waals surface area contributed by atoms with E-state index in [2.05, 4.69) is 40.9 Å². The highest BCUT2D eigenvalue weighted by Crippen LogP contribution is 2.20. The third-order valence-electron chi connectivity index (χ3n) is 4.81. The maximum atomic E-state index is 12.6. The molecule has 2 N–H and O–H groups in total. The SMILES string of the molecule is Cc1ccc(-c2cc(C(=O)NCc3ccc4c(c3)CNC4)n(C)n2)cc1. The minimum atomic E-state index is -0.114. The summed E-state index contributed by atoms with van der Waals surface area (Å²) in [6, 6.07) is 16.4. The Morgan fingerprint density at radius 1 is 1.12 bits per heavy atom. The molecule has 0 unspecified atom stereocenters. The Hall–Kier alpha value is -2.92. The van der Waals surface area contributed by atoms with E-state index >= 15 is 0 Å². The topological polar surface area (TPSA) is 59.0 Å². The normalized spacial score (nSPS) is 12.8. The number of rotatable bonds is 4. The molecule has 0 fully saturated rings. The van der Waals surface area contributed by atoms with E-state index in [0.717, 1.165) is 29.9 Å². The zero-order valence-corrected chi connectivity index (χ0v) is 15.0. The van der Waals surface area contributed by atoms with Gasteiger partial charge in [0.1, 0.15) is 5.69 Å². The van der Waals surface area contributed by atoms with Gasteiger partial charge in [-0.1, -0.05) is 48.0 Å². The van der Waals surface area contributed by atoms with E-state index in [1.807, 2.05) is 30.3 Å². The van der Waals surface area contributed by atoms with Gasteiger partial charge in [-0.15, -0.1) is 0 Å². The molecule has 0 saturated carbocycles. The third kappa shape index (κ3) is 3.26. The number of aryl methyl sites for hydroxylation is 2. The molecule has 2 heterocycles. The van der Waals surface area contributed by atoms with Crippen molar-refractivity contribution in [2.75, 3.05) is 0 Å². The van der Waals surface area contributed by atoms with Gasteiger partial charge in [-0.3, -0.25) is 9.48 Å². The minimum Gasteiger partial charge on any atom is -0.347 e. The van der Waals surface area contributed by atoms with E-state index in [1.165, 1.54) is 16.7 Å². The molecule has 0 atom stereocenters. The fourth-order valence-electron chi connectivity index (χ4n) is 3.28. The summed E-state index contributed by atoms with van der Waals surface area (Å²) in [7, 11) is 1.80. The smallest absolute Gasteiger partial charge is 0.269 e. The zero-order chi connectivity index (χ0) is 18.1. The second-order valence-corrected chi connectivity index (χ2v) is 6.79. The van der Waals surface area contributed by atoms with Gasteiger partial charge in [-0.25, -0.2) is 0 Å². The number of carbonyl (C=O) groups is 1. The molecule has 5 heteroatoms. The number of carbonyl (C=O) groups excluding carboxylic acids is 1. The van der Waals surface area contributed by atoms with Gasteiger partial charge in [0.15, 0.2) is 0 Å². The fourth-order valence-corrected chi connectivity index (χ4v) is 3.28. The Kier molecular flexibility index (Phi) is 4.31. The predicted molar refractivity (Wildman–Crippen MR) is 102 cm³/mol. The third-order valence-corrected chi connectivity index (χ3v) is 4.81. The van der Waals surface area contributed by atoms with Crippen LogP contribution in [-0.4, -0.2) is 15.7 Å². The van der Waals surface area contributed by atoms with Crippen LogP contribution in [0.25, 0.3) is 11.3 Å². The van der Waals surface area contributed by atoms with Crippen molar-refractivity contribution < 1.29 is 4.79 Å². The van der Waals surface area contributed by atoms with E-state index in [-0.39, 0.29) is 5.91 Å². The van der Waals surface area contributed by atoms with Gasteiger partial charge >= 0.3 is 0 Å². The molecule has 1 aliphatic heterocycles. The molecular formula is C21H22N4O. The van der Waals surface area contributed by atoms with Crippen LogP contribution < -0.4 is 10.6 Å². The molecule has 0 aliphatic carbocycles. The lowest BCUT2D eigenvalue weighted by atomic mass is 10.1. The number of hydrogen-bond donors (Lipinski definition) is 2. The van der Waals surface area contributed by atoms with Gasteiger partial charge in [-0.05, 0) is 29.7 Å². The minimum absolute atomic E-state index is 0.114. The van der Waals surface area contributed by atoms with Crippen LogP contribution in [-0.2, 0) is 26.7 Å². The molecule has 2 aromatic carbocycles. The summed E-state index contributed by atoms with van der Waals surface area (Å²) in [5.74, 6) is -0.114. The number of aromatic nitrogens is 2. The van der Waals surface area contributed by atoms with Crippen molar-refractivity contribution >= 4 is 5.91 Å². The maximum absolute atomic E-state index is 12.6. The molecule has 0 saturated heterocycles. The van der Waals surface area contributed by atoms with Crippen molar-refractivity contribution in [3.05, 3.63) is 76.5 Å². The molecule has 1 amide bonds. The molecule has 0 bridgehead atoms. The second-order valence-electron chi connectivity index (χ2n) is 6.79. The molecule has 26 heavy (non-hydrogen) atoms. The number of fused-ring (bicyclic) bond motifs is 1. The Balaban J connectivity index is 1.47. The lowest BCUT2D eigenvalue weighted by Crippen LogP contribution is -2.25. The molecular weight excluding hydrogens is 324 g/mol. The van der Waals surface area contributed by atoms with E-state index in [9.17, 15) is 4.79 Å². The first-order valence-corrected chi connectivity index (χ1v) is 8.81. The number of nitrogens with one attached hydrogen (secondary N) is 2. The first kappa shape index (κ1) is 16.5. The van der Waals surface area contributed by atoms with Gasteiger partial charge in [0.2, 0.25) is 0 Å². The van der Waals surface area contributed by atoms with Gasteiger partial charge in [0.25, 0.3) is 5.91 Å². The Morgan fingerprint density at radius 3 is 2.69 bits per heavy atom. The molecule has 3 aromatic rings. The first-order chi connectivity index (χ1) is 12.6. The molecule has 5 nitrogen and oxygen atoms in total. The predicted octanol–water partition coefficient (Wildman–Crippen LogP) is 2.93. The Morgan fingerprint density at radius 2 is 1.88 bits per heavy atom. The van der Waals surface area contributed by atoms with Crippen molar-refractivity contribution in [2.45, 2.75) is 26.6 Å². The van der Waals surface area contributed by atoms with Crippen LogP contribution in [0.1, 0.15) is 32.7 Å². The van der Waals surface area contributed by atoms with Crippen molar-refractivity contribution in [1.29, 1.82) is 0 Å². The van der Waals surface area contributed by atoms with Crippen LogP contribution in [0.3, 0.4) is 0 Å². The van der Waals surface area contributed by atoms with Crippen LogP contribution in [0, 0.1) is 6.92 Å². The van der Waals surface area contributed by atoms with E-state index in [1.54, 1.807) is 11.7 Å². The van der Waals surface area contributed by atoms with Crippen LogP contribution in [0.5, 0.6) is 0 Å². The van der Waals surface area contributed by atoms with Crippen molar-refractivity contribution in [3.8, 4) is 11.3 Å². The number of nitrogens with zero attached hydrogens (tertiary/aromatic N) is 2. The van der Waals surface area contributed by atoms with Crippen molar-refractivity contribution in [3.63, 3.8) is 0 Å². The zero-order valence-electron chi connectivity index (χ0n) is 15.0. The second kappa shape index (κ2) is 6.77. The molecule has 4 rings (SSSR count). The summed E-state index contributed by atoms with van der Waals surface area (Å²) >= 11 is 0. The quantitative estimate of drug-likeness (QED) is 0.764. The van der Waals surface area contributed by atoms with Crippen LogP contribution >= 0.6 is 0 Å². The van der Waals surface area contributed by atoms with E-state index in [0.29, 0.717) is 12.2 Å². The number of amides is 1. The summed E-state index contributed by atoms with van der Waals surface area (Å²) in [5.41, 5.74) is 7.35. The average molecular weight is 346 g/mol. The monoisotopic (exact) mass is 346 g/mol. The lowest BCUT2D eigenvalue weighted by Gasteiger charge is -2.07. The van der Waals surface area contributed by atoms with E-state index < -0.39 is 0 Å². The number of benzene rings is 2. The fraction of sp³-hybridized carbons (Fsp3) is 0.238. The highest BCUT2D eigenvalue weighted by molar-refractivity contribution is 5.93. The van der Waals surface area contributed by atoms with Crippen molar-refractivity contribution in [2.24, 2.45) is 7.05 Å². The molecule has 132 valence electrons. The Bertz CT molecular complexity index is 957. The summed E-state index contributed by atoms with van der Waals surface area (Å²) in [6.45, 7) is 4.39. The largest absolute Gasteiger partial charge is 0.347 e. The van der Waals surface area contributed by atoms with E-state index in [4.69, 9.17) is 0 Å². The molecule has 0 radical (unpaired) electrons. The Labute approximate surface area is 153 Å². The van der Waals surface area contributed by atoms with Crippen molar-refractivity contribution in [1.82, 2.24) is 20.4 Å². The van der Waals surface area contributed by atoms with Crippen LogP contribution in [0.4, 0.5) is 0 Å². The van der Waals surface area contributed by atoms with Gasteiger partial charge < -0.3 is 10.6 Å². The summed E-state index contributed by atoms with van der Waals surface area (Å²) in [6.07, 6.45) is 0. The summed E-state index contributed by atoms with van der Waals surface area (Å²) in [5, 5.41) is 10.8. The van der Waals surface area contributed by atoms with Gasteiger partial charge in [0, 0.05) is 32.2 Å². The van der Waals surface area contributed by atoms with Crippen LogP contribution in [0.15, 0.2) is 48.5 Å². The van der Waals surface area contributed by atoms with Gasteiger partial charge in [-0.2, -0.15) is 5.10 Å². The summed E-state index contributed by atoms with van der Waals surface area (Å²) < 4.78 is 1.64. The average Bonchev–Trinajstić information content (AvgIpc) is 3.26. The van der Waals surface area contributed by atoms with Crippen LogP contribution in [0.2, 0.25) is 0 Å². The van der Waals surface area contributed by atoms with Gasteiger partial charge in [0.05, 0.1) is 5.69 Å². The lowest BCUT2D eigenvalue weighted by molar-refractivity contribution is 0.0941. The highest BCUT2D eigenvalue weighted by Gasteiger charge is 2.15.